The fraction of sp³-hybridized carbons (Fsp3) is 0.792. The summed E-state index contributed by atoms with van der Waals surface area (Å²) in [6.07, 6.45) is 8.86. The maximum absolute atomic E-state index is 5.53. The number of guanidine groups is 1. The van der Waals surface area contributed by atoms with Crippen LogP contribution in [0.2, 0.25) is 0 Å². The van der Waals surface area contributed by atoms with Gasteiger partial charge in [-0.05, 0) is 63.7 Å². The molecule has 2 saturated heterocycles. The highest BCUT2D eigenvalue weighted by molar-refractivity contribution is 14.0. The van der Waals surface area contributed by atoms with Crippen molar-refractivity contribution in [2.75, 3.05) is 73.2 Å². The first kappa shape index (κ1) is 27.4. The van der Waals surface area contributed by atoms with Crippen LogP contribution in [0.25, 0.3) is 0 Å². The van der Waals surface area contributed by atoms with Crippen LogP contribution in [0.4, 0.5) is 0 Å². The van der Waals surface area contributed by atoms with Crippen LogP contribution in [0.1, 0.15) is 37.9 Å². The summed E-state index contributed by atoms with van der Waals surface area (Å²) in [5, 5.41) is 3.60. The third-order valence-corrected chi connectivity index (χ3v) is 6.50. The molecule has 3 rings (SSSR count). The van der Waals surface area contributed by atoms with Gasteiger partial charge < -0.3 is 29.0 Å². The molecule has 0 spiro atoms. The van der Waals surface area contributed by atoms with E-state index in [0.717, 1.165) is 89.6 Å². The van der Waals surface area contributed by atoms with Gasteiger partial charge in [-0.25, -0.2) is 0 Å². The summed E-state index contributed by atoms with van der Waals surface area (Å²) >= 11 is 0. The van der Waals surface area contributed by atoms with Crippen molar-refractivity contribution in [3.05, 3.63) is 24.2 Å². The Balaban J connectivity index is 0.00000363. The molecule has 7 nitrogen and oxygen atoms in total. The van der Waals surface area contributed by atoms with Crippen molar-refractivity contribution in [2.24, 2.45) is 16.8 Å². The van der Waals surface area contributed by atoms with Crippen molar-refractivity contribution in [3.8, 4) is 0 Å². The lowest BCUT2D eigenvalue weighted by Crippen LogP contribution is -2.46. The Morgan fingerprint density at radius 1 is 1.25 bits per heavy atom. The number of hydrogen-bond acceptors (Lipinski definition) is 5. The summed E-state index contributed by atoms with van der Waals surface area (Å²) in [7, 11) is 3.96. The van der Waals surface area contributed by atoms with E-state index in [2.05, 4.69) is 22.2 Å². The number of halogens is 1. The second-order valence-corrected chi connectivity index (χ2v) is 9.02. The van der Waals surface area contributed by atoms with E-state index < -0.39 is 0 Å². The van der Waals surface area contributed by atoms with Gasteiger partial charge in [-0.1, -0.05) is 0 Å². The van der Waals surface area contributed by atoms with Gasteiger partial charge in [0.15, 0.2) is 5.96 Å². The molecule has 1 aromatic heterocycles. The molecule has 1 unspecified atom stereocenters. The summed E-state index contributed by atoms with van der Waals surface area (Å²) in [5.74, 6) is 3.48. The van der Waals surface area contributed by atoms with E-state index in [1.807, 2.05) is 12.1 Å². The second-order valence-electron chi connectivity index (χ2n) is 9.02. The van der Waals surface area contributed by atoms with E-state index >= 15 is 0 Å². The van der Waals surface area contributed by atoms with Gasteiger partial charge in [-0.2, -0.15) is 0 Å². The fourth-order valence-corrected chi connectivity index (χ4v) is 4.41. The number of aliphatic imine (C=N–C) groups is 1. The summed E-state index contributed by atoms with van der Waals surface area (Å²) in [5.41, 5.74) is 0. The number of furan rings is 1. The predicted molar refractivity (Wildman–Crippen MR) is 140 cm³/mol. The number of likely N-dealkylation sites (N-methyl/N-ethyl adjacent to an activating group) is 1. The number of nitrogens with one attached hydrogen (secondary N) is 1. The number of hydrogen-bond donors (Lipinski definition) is 1. The average Bonchev–Trinajstić information content (AvgIpc) is 3.49. The zero-order chi connectivity index (χ0) is 21.7. The van der Waals surface area contributed by atoms with Crippen LogP contribution in [-0.4, -0.2) is 89.0 Å². The lowest BCUT2D eigenvalue weighted by atomic mass is 9.92. The molecule has 1 N–H and O–H groups in total. The van der Waals surface area contributed by atoms with Gasteiger partial charge in [-0.3, -0.25) is 4.99 Å². The molecule has 0 bridgehead atoms. The SMILES string of the molecule is COCCN(C)CCCC1CCN(C(=NCC2CCOC2)NCCc2ccco2)CC1.I. The minimum absolute atomic E-state index is 0. The predicted octanol–water partition coefficient (Wildman–Crippen LogP) is 3.49. The smallest absolute Gasteiger partial charge is 0.193 e. The van der Waals surface area contributed by atoms with Gasteiger partial charge >= 0.3 is 0 Å². The summed E-state index contributed by atoms with van der Waals surface area (Å²) < 4.78 is 16.2. The third kappa shape index (κ3) is 9.97. The Bertz CT molecular complexity index is 615. The molecule has 1 aromatic rings. The Labute approximate surface area is 211 Å². The Morgan fingerprint density at radius 2 is 2.09 bits per heavy atom. The lowest BCUT2D eigenvalue weighted by molar-refractivity contribution is 0.158. The molecular weight excluding hydrogens is 519 g/mol. The van der Waals surface area contributed by atoms with E-state index in [4.69, 9.17) is 18.9 Å². The minimum Gasteiger partial charge on any atom is -0.469 e. The minimum atomic E-state index is 0. The van der Waals surface area contributed by atoms with Crippen LogP contribution in [0.3, 0.4) is 0 Å². The van der Waals surface area contributed by atoms with Crippen molar-refractivity contribution < 1.29 is 13.9 Å². The molecule has 0 radical (unpaired) electrons. The Hall–Kier alpha value is -0.840. The van der Waals surface area contributed by atoms with E-state index in [9.17, 15) is 0 Å². The fourth-order valence-electron chi connectivity index (χ4n) is 4.41. The molecule has 0 aromatic carbocycles. The largest absolute Gasteiger partial charge is 0.469 e. The van der Waals surface area contributed by atoms with Crippen LogP contribution in [0.5, 0.6) is 0 Å². The van der Waals surface area contributed by atoms with Crippen molar-refractivity contribution >= 4 is 29.9 Å². The summed E-state index contributed by atoms with van der Waals surface area (Å²) in [6.45, 7) is 8.63. The highest BCUT2D eigenvalue weighted by Gasteiger charge is 2.22. The number of piperidine rings is 1. The quantitative estimate of drug-likeness (QED) is 0.239. The highest BCUT2D eigenvalue weighted by atomic mass is 127. The molecule has 0 aliphatic carbocycles. The van der Waals surface area contributed by atoms with Crippen LogP contribution >= 0.6 is 24.0 Å². The van der Waals surface area contributed by atoms with Gasteiger partial charge in [0.2, 0.25) is 0 Å². The normalized spacial score (nSPS) is 20.0. The molecule has 1 atom stereocenters. The van der Waals surface area contributed by atoms with Crippen LogP contribution in [0, 0.1) is 11.8 Å². The molecule has 2 aliphatic rings. The van der Waals surface area contributed by atoms with Gasteiger partial charge in [-0.15, -0.1) is 24.0 Å². The van der Waals surface area contributed by atoms with Crippen molar-refractivity contribution in [3.63, 3.8) is 0 Å². The molecule has 0 saturated carbocycles. The van der Waals surface area contributed by atoms with Crippen LogP contribution < -0.4 is 5.32 Å². The molecule has 8 heteroatoms. The van der Waals surface area contributed by atoms with Crippen LogP contribution in [0.15, 0.2) is 27.8 Å². The first-order chi connectivity index (χ1) is 15.2. The topological polar surface area (TPSA) is 62.5 Å². The summed E-state index contributed by atoms with van der Waals surface area (Å²) in [4.78, 5) is 9.82. The maximum atomic E-state index is 5.53. The number of methoxy groups -OCH3 is 1. The number of ether oxygens (including phenoxy) is 2. The molecule has 32 heavy (non-hydrogen) atoms. The first-order valence-electron chi connectivity index (χ1n) is 12.1. The van der Waals surface area contributed by atoms with E-state index in [1.54, 1.807) is 13.4 Å². The van der Waals surface area contributed by atoms with Crippen LogP contribution in [-0.2, 0) is 15.9 Å². The Morgan fingerprint density at radius 3 is 2.78 bits per heavy atom. The van der Waals surface area contributed by atoms with Gasteiger partial charge in [0, 0.05) is 58.8 Å². The van der Waals surface area contributed by atoms with E-state index in [0.29, 0.717) is 5.92 Å². The average molecular weight is 563 g/mol. The van der Waals surface area contributed by atoms with Gasteiger partial charge in [0.25, 0.3) is 0 Å². The number of rotatable bonds is 12. The molecule has 2 aliphatic heterocycles. The highest BCUT2D eigenvalue weighted by Crippen LogP contribution is 2.22. The zero-order valence-corrected chi connectivity index (χ0v) is 22.3. The molecule has 0 amide bonds. The van der Waals surface area contributed by atoms with E-state index in [1.165, 1.54) is 25.7 Å². The molecular formula is C24H43IN4O3. The monoisotopic (exact) mass is 562 g/mol. The third-order valence-electron chi connectivity index (χ3n) is 6.50. The number of nitrogens with zero attached hydrogens (tertiary/aromatic N) is 3. The van der Waals surface area contributed by atoms with Gasteiger partial charge in [0.05, 0.1) is 19.5 Å². The second kappa shape index (κ2) is 15.9. The van der Waals surface area contributed by atoms with Gasteiger partial charge in [0.1, 0.15) is 5.76 Å². The standard InChI is InChI=1S/C24H42N4O3.HI/c1-27(15-18-29-2)12-3-5-21-8-13-28(14-9-21)24(26-19-22-10-17-30-20-22)25-11-7-23-6-4-16-31-23;/h4,6,16,21-22H,3,5,7-15,17-20H2,1-2H3,(H,25,26);1H. The number of likely N-dealkylation sites (tertiary alicyclic amines) is 1. The maximum Gasteiger partial charge on any atom is 0.193 e. The lowest BCUT2D eigenvalue weighted by Gasteiger charge is -2.34. The van der Waals surface area contributed by atoms with Crippen molar-refractivity contribution in [1.29, 1.82) is 0 Å². The first-order valence-corrected chi connectivity index (χ1v) is 12.1. The molecule has 3 heterocycles. The Kier molecular flexibility index (Phi) is 13.6. The van der Waals surface area contributed by atoms with Crippen molar-refractivity contribution in [2.45, 2.75) is 38.5 Å². The zero-order valence-electron chi connectivity index (χ0n) is 20.0. The molecule has 184 valence electrons. The molecule has 2 fully saturated rings. The van der Waals surface area contributed by atoms with Crippen molar-refractivity contribution in [1.82, 2.24) is 15.1 Å². The van der Waals surface area contributed by atoms with E-state index in [-0.39, 0.29) is 24.0 Å². The summed E-state index contributed by atoms with van der Waals surface area (Å²) in [6, 6.07) is 3.98.